The van der Waals surface area contributed by atoms with Crippen LogP contribution >= 0.6 is 11.8 Å². The highest BCUT2D eigenvalue weighted by Gasteiger charge is 2.09. The van der Waals surface area contributed by atoms with Gasteiger partial charge in [-0.15, -0.1) is 11.8 Å². The highest BCUT2D eigenvalue weighted by molar-refractivity contribution is 8.00. The van der Waals surface area contributed by atoms with Crippen molar-refractivity contribution >= 4 is 17.7 Å². The smallest absolute Gasteiger partial charge is 0.316 e. The lowest BCUT2D eigenvalue weighted by Crippen LogP contribution is -2.13. The molecule has 0 amide bonds. The molecule has 1 atom stereocenters. The second-order valence-electron chi connectivity index (χ2n) is 2.65. The molecule has 0 aliphatic heterocycles. The fourth-order valence-electron chi connectivity index (χ4n) is 0.825. The van der Waals surface area contributed by atoms with Crippen molar-refractivity contribution in [3.05, 3.63) is 18.7 Å². The van der Waals surface area contributed by atoms with Crippen LogP contribution in [0, 0.1) is 0 Å². The lowest BCUT2D eigenvalue weighted by Gasteiger charge is -2.05. The monoisotopic (exact) mass is 200 g/mol. The molecule has 0 aliphatic carbocycles. The van der Waals surface area contributed by atoms with Crippen LogP contribution in [0.2, 0.25) is 0 Å². The summed E-state index contributed by atoms with van der Waals surface area (Å²) in [5.74, 6) is 0.0414. The van der Waals surface area contributed by atoms with Gasteiger partial charge in [-0.25, -0.2) is 4.98 Å². The molecular weight excluding hydrogens is 188 g/mol. The fourth-order valence-corrected chi connectivity index (χ4v) is 1.64. The highest BCUT2D eigenvalue weighted by Crippen LogP contribution is 2.10. The van der Waals surface area contributed by atoms with E-state index in [2.05, 4.69) is 4.98 Å². The van der Waals surface area contributed by atoms with Gasteiger partial charge in [0, 0.05) is 24.7 Å². The summed E-state index contributed by atoms with van der Waals surface area (Å²) in [4.78, 5) is 14.3. The molecule has 0 radical (unpaired) electrons. The Kier molecular flexibility index (Phi) is 3.82. The summed E-state index contributed by atoms with van der Waals surface area (Å²) in [5, 5.41) is 8.27. The number of rotatable bonds is 5. The van der Waals surface area contributed by atoms with Crippen molar-refractivity contribution in [2.24, 2.45) is 0 Å². The summed E-state index contributed by atoms with van der Waals surface area (Å²) < 4.78 is 1.93. The van der Waals surface area contributed by atoms with Crippen molar-refractivity contribution in [1.29, 1.82) is 0 Å². The van der Waals surface area contributed by atoms with Crippen molar-refractivity contribution in [2.45, 2.75) is 18.7 Å². The standard InChI is InChI=1S/C8H12N2O2S/c1-7(8(11)12)13-5-4-10-3-2-9-6-10/h2-3,6-7H,4-5H2,1H3,(H,11,12). The highest BCUT2D eigenvalue weighted by atomic mass is 32.2. The number of hydrogen-bond donors (Lipinski definition) is 1. The lowest BCUT2D eigenvalue weighted by molar-refractivity contribution is -0.136. The van der Waals surface area contributed by atoms with Crippen LogP contribution in [0.15, 0.2) is 18.7 Å². The van der Waals surface area contributed by atoms with Crippen LogP contribution in [0.4, 0.5) is 0 Å². The van der Waals surface area contributed by atoms with Gasteiger partial charge in [0.25, 0.3) is 0 Å². The summed E-state index contributed by atoms with van der Waals surface area (Å²) in [6.07, 6.45) is 5.31. The Labute approximate surface area is 81.0 Å². The number of aliphatic carboxylic acids is 1. The Balaban J connectivity index is 2.18. The molecule has 13 heavy (non-hydrogen) atoms. The zero-order valence-electron chi connectivity index (χ0n) is 7.38. The Hall–Kier alpha value is -0.970. The number of aryl methyl sites for hydroxylation is 1. The predicted molar refractivity (Wildman–Crippen MR) is 51.8 cm³/mol. The topological polar surface area (TPSA) is 55.1 Å². The van der Waals surface area contributed by atoms with Gasteiger partial charge in [0.1, 0.15) is 0 Å². The molecule has 1 unspecified atom stereocenters. The quantitative estimate of drug-likeness (QED) is 0.773. The maximum Gasteiger partial charge on any atom is 0.316 e. The first-order valence-electron chi connectivity index (χ1n) is 4.00. The van der Waals surface area contributed by atoms with Crippen LogP contribution in [0.3, 0.4) is 0 Å². The molecule has 0 aliphatic rings. The SMILES string of the molecule is CC(SCCn1ccnc1)C(=O)O. The lowest BCUT2D eigenvalue weighted by atomic mass is 10.5. The van der Waals surface area contributed by atoms with Crippen LogP contribution in [0.5, 0.6) is 0 Å². The van der Waals surface area contributed by atoms with E-state index < -0.39 is 5.97 Å². The Morgan fingerprint density at radius 1 is 1.77 bits per heavy atom. The van der Waals surface area contributed by atoms with Gasteiger partial charge in [-0.1, -0.05) is 0 Å². The van der Waals surface area contributed by atoms with Crippen LogP contribution in [-0.2, 0) is 11.3 Å². The number of imidazole rings is 1. The maximum atomic E-state index is 10.5. The molecule has 1 N–H and O–H groups in total. The van der Waals surface area contributed by atoms with Gasteiger partial charge in [-0.2, -0.15) is 0 Å². The van der Waals surface area contributed by atoms with Crippen LogP contribution in [-0.4, -0.2) is 31.6 Å². The van der Waals surface area contributed by atoms with E-state index in [9.17, 15) is 4.79 Å². The van der Waals surface area contributed by atoms with E-state index in [1.165, 1.54) is 11.8 Å². The molecule has 1 aromatic heterocycles. The summed E-state index contributed by atoms with van der Waals surface area (Å²) in [7, 11) is 0. The summed E-state index contributed by atoms with van der Waals surface area (Å²) in [6.45, 7) is 2.50. The summed E-state index contributed by atoms with van der Waals surface area (Å²) >= 11 is 1.43. The number of carboxylic acid groups (broad SMARTS) is 1. The molecule has 0 saturated carbocycles. The third-order valence-electron chi connectivity index (χ3n) is 1.62. The second-order valence-corrected chi connectivity index (χ2v) is 4.10. The molecular formula is C8H12N2O2S. The largest absolute Gasteiger partial charge is 0.480 e. The van der Waals surface area contributed by atoms with Crippen LogP contribution in [0.25, 0.3) is 0 Å². The van der Waals surface area contributed by atoms with Gasteiger partial charge < -0.3 is 9.67 Å². The van der Waals surface area contributed by atoms with Crippen LogP contribution < -0.4 is 0 Å². The third-order valence-corrected chi connectivity index (χ3v) is 2.74. The van der Waals surface area contributed by atoms with Crippen LogP contribution in [0.1, 0.15) is 6.92 Å². The average molecular weight is 200 g/mol. The molecule has 0 spiro atoms. The third kappa shape index (κ3) is 3.50. The number of nitrogens with zero attached hydrogens (tertiary/aromatic N) is 2. The zero-order valence-corrected chi connectivity index (χ0v) is 8.20. The zero-order chi connectivity index (χ0) is 9.68. The number of aromatic nitrogens is 2. The van der Waals surface area contributed by atoms with Gasteiger partial charge in [0.15, 0.2) is 0 Å². The summed E-state index contributed by atoms with van der Waals surface area (Å²) in [6, 6.07) is 0. The Morgan fingerprint density at radius 3 is 3.08 bits per heavy atom. The second kappa shape index (κ2) is 4.91. The number of carboxylic acids is 1. The first-order valence-corrected chi connectivity index (χ1v) is 5.05. The van der Waals surface area contributed by atoms with E-state index in [4.69, 9.17) is 5.11 Å². The van der Waals surface area contributed by atoms with Gasteiger partial charge in [-0.05, 0) is 6.92 Å². The minimum Gasteiger partial charge on any atom is -0.480 e. The molecule has 5 heteroatoms. The van der Waals surface area contributed by atoms with E-state index in [0.29, 0.717) is 0 Å². The molecule has 72 valence electrons. The van der Waals surface area contributed by atoms with E-state index in [1.54, 1.807) is 19.4 Å². The van der Waals surface area contributed by atoms with Gasteiger partial charge >= 0.3 is 5.97 Å². The maximum absolute atomic E-state index is 10.5. The van der Waals surface area contributed by atoms with Crippen molar-refractivity contribution in [3.63, 3.8) is 0 Å². The molecule has 0 saturated heterocycles. The first-order chi connectivity index (χ1) is 6.20. The van der Waals surface area contributed by atoms with Gasteiger partial charge in [0.2, 0.25) is 0 Å². The first kappa shape index (κ1) is 10.1. The molecule has 0 bridgehead atoms. The average Bonchev–Trinajstić information content (AvgIpc) is 2.56. The predicted octanol–water partition coefficient (Wildman–Crippen LogP) is 1.09. The van der Waals surface area contributed by atoms with E-state index >= 15 is 0 Å². The van der Waals surface area contributed by atoms with Gasteiger partial charge in [0.05, 0.1) is 11.6 Å². The molecule has 1 aromatic rings. The van der Waals surface area contributed by atoms with E-state index in [0.717, 1.165) is 12.3 Å². The van der Waals surface area contributed by atoms with Gasteiger partial charge in [-0.3, -0.25) is 4.79 Å². The Morgan fingerprint density at radius 2 is 2.54 bits per heavy atom. The minimum absolute atomic E-state index is 0.330. The minimum atomic E-state index is -0.754. The van der Waals surface area contributed by atoms with Crippen molar-refractivity contribution in [1.82, 2.24) is 9.55 Å². The van der Waals surface area contributed by atoms with E-state index in [-0.39, 0.29) is 5.25 Å². The number of carbonyl (C=O) groups is 1. The normalized spacial score (nSPS) is 12.7. The fraction of sp³-hybridized carbons (Fsp3) is 0.500. The van der Waals surface area contributed by atoms with Crippen molar-refractivity contribution < 1.29 is 9.90 Å². The molecule has 0 aromatic carbocycles. The Bertz CT molecular complexity index is 261. The number of hydrogen-bond acceptors (Lipinski definition) is 3. The molecule has 4 nitrogen and oxygen atoms in total. The number of thioether (sulfide) groups is 1. The summed E-state index contributed by atoms with van der Waals surface area (Å²) in [5.41, 5.74) is 0. The van der Waals surface area contributed by atoms with Crippen molar-refractivity contribution in [3.8, 4) is 0 Å². The molecule has 1 rings (SSSR count). The molecule has 1 heterocycles. The molecule has 0 fully saturated rings. The van der Waals surface area contributed by atoms with Crippen molar-refractivity contribution in [2.75, 3.05) is 5.75 Å². The van der Waals surface area contributed by atoms with E-state index in [1.807, 2.05) is 10.8 Å².